The summed E-state index contributed by atoms with van der Waals surface area (Å²) in [5.74, 6) is 0.973. The van der Waals surface area contributed by atoms with E-state index in [2.05, 4.69) is 22.8 Å². The first kappa shape index (κ1) is 17.3. The van der Waals surface area contributed by atoms with Crippen molar-refractivity contribution in [3.8, 4) is 5.75 Å². The summed E-state index contributed by atoms with van der Waals surface area (Å²) in [6, 6.07) is 13.9. The fourth-order valence-corrected chi connectivity index (χ4v) is 2.79. The lowest BCUT2D eigenvalue weighted by molar-refractivity contribution is 0.0951. The van der Waals surface area contributed by atoms with Gasteiger partial charge in [-0.25, -0.2) is 0 Å². The van der Waals surface area contributed by atoms with Gasteiger partial charge in [-0.2, -0.15) is 0 Å². The Hall–Kier alpha value is -2.53. The molecular formula is C20H25N3O2. The van der Waals surface area contributed by atoms with Gasteiger partial charge in [-0.1, -0.05) is 12.1 Å². The van der Waals surface area contributed by atoms with Crippen molar-refractivity contribution in [3.05, 3.63) is 59.2 Å². The molecule has 1 aliphatic rings. The van der Waals surface area contributed by atoms with Crippen molar-refractivity contribution in [2.75, 3.05) is 39.1 Å². The average Bonchev–Trinajstić information content (AvgIpc) is 3.07. The maximum absolute atomic E-state index is 12.1. The van der Waals surface area contributed by atoms with Gasteiger partial charge in [0.1, 0.15) is 5.75 Å². The summed E-state index contributed by atoms with van der Waals surface area (Å²) in [5, 5.41) is 6.32. The molecule has 1 aliphatic heterocycles. The fraction of sp³-hybridized carbons (Fsp3) is 0.350. The van der Waals surface area contributed by atoms with Crippen LogP contribution in [0.4, 0.5) is 5.69 Å². The molecule has 1 heterocycles. The summed E-state index contributed by atoms with van der Waals surface area (Å²) < 4.78 is 5.53. The lowest BCUT2D eigenvalue weighted by Gasteiger charge is -2.11. The van der Waals surface area contributed by atoms with E-state index in [-0.39, 0.29) is 5.91 Å². The summed E-state index contributed by atoms with van der Waals surface area (Å²) in [4.78, 5) is 14.1. The Bertz CT molecular complexity index is 726. The summed E-state index contributed by atoms with van der Waals surface area (Å²) in [5.41, 5.74) is 4.19. The van der Waals surface area contributed by atoms with Crippen molar-refractivity contribution in [1.82, 2.24) is 10.2 Å². The minimum absolute atomic E-state index is 0.0352. The molecule has 0 aliphatic carbocycles. The number of benzene rings is 2. The minimum atomic E-state index is -0.0352. The summed E-state index contributed by atoms with van der Waals surface area (Å²) in [6.45, 7) is 3.01. The van der Waals surface area contributed by atoms with E-state index in [0.717, 1.165) is 37.6 Å². The van der Waals surface area contributed by atoms with Crippen LogP contribution in [0.25, 0.3) is 0 Å². The molecule has 0 fully saturated rings. The van der Waals surface area contributed by atoms with E-state index >= 15 is 0 Å². The van der Waals surface area contributed by atoms with Crippen molar-refractivity contribution in [3.63, 3.8) is 0 Å². The van der Waals surface area contributed by atoms with Gasteiger partial charge in [-0.3, -0.25) is 4.79 Å². The number of ether oxygens (including phenoxy) is 1. The van der Waals surface area contributed by atoms with E-state index in [0.29, 0.717) is 12.1 Å². The summed E-state index contributed by atoms with van der Waals surface area (Å²) >= 11 is 0. The molecule has 25 heavy (non-hydrogen) atoms. The van der Waals surface area contributed by atoms with Crippen LogP contribution in [0.3, 0.4) is 0 Å². The second-order valence-corrected chi connectivity index (χ2v) is 6.53. The van der Waals surface area contributed by atoms with E-state index in [9.17, 15) is 4.79 Å². The van der Waals surface area contributed by atoms with Gasteiger partial charge in [0, 0.05) is 37.3 Å². The molecule has 2 aromatic rings. The van der Waals surface area contributed by atoms with Crippen molar-refractivity contribution in [2.45, 2.75) is 13.0 Å². The number of likely N-dealkylation sites (N-methyl/N-ethyl adjacent to an activating group) is 1. The van der Waals surface area contributed by atoms with Crippen LogP contribution < -0.4 is 15.4 Å². The molecule has 0 atom stereocenters. The molecule has 0 saturated heterocycles. The standard InChI is InChI=1S/C20H25N3O2/c1-23(2)11-10-21-20(24)16-4-6-18(7-5-16)22-14-15-3-8-19-17(13-15)9-12-25-19/h3-8,13,22H,9-12,14H2,1-2H3,(H,21,24). The van der Waals surface area contributed by atoms with Gasteiger partial charge in [0.05, 0.1) is 6.61 Å². The fourth-order valence-electron chi connectivity index (χ4n) is 2.79. The first-order chi connectivity index (χ1) is 12.1. The molecule has 1 amide bonds. The van der Waals surface area contributed by atoms with E-state index in [1.54, 1.807) is 0 Å². The number of nitrogens with one attached hydrogen (secondary N) is 2. The third kappa shape index (κ3) is 4.73. The van der Waals surface area contributed by atoms with Crippen LogP contribution in [0.2, 0.25) is 0 Å². The van der Waals surface area contributed by atoms with Crippen LogP contribution in [0.15, 0.2) is 42.5 Å². The quantitative estimate of drug-likeness (QED) is 0.814. The summed E-state index contributed by atoms with van der Waals surface area (Å²) in [7, 11) is 3.97. The molecule has 2 N–H and O–H groups in total. The van der Waals surface area contributed by atoms with E-state index < -0.39 is 0 Å². The zero-order chi connectivity index (χ0) is 17.6. The van der Waals surface area contributed by atoms with Gasteiger partial charge in [-0.15, -0.1) is 0 Å². The van der Waals surface area contributed by atoms with Crippen LogP contribution >= 0.6 is 0 Å². The lowest BCUT2D eigenvalue weighted by Crippen LogP contribution is -2.31. The van der Waals surface area contributed by atoms with Gasteiger partial charge in [0.15, 0.2) is 0 Å². The number of amides is 1. The maximum Gasteiger partial charge on any atom is 0.251 e. The number of rotatable bonds is 7. The number of fused-ring (bicyclic) bond motifs is 1. The van der Waals surface area contributed by atoms with E-state index in [1.807, 2.05) is 49.3 Å². The van der Waals surface area contributed by atoms with E-state index in [4.69, 9.17) is 4.74 Å². The van der Waals surface area contributed by atoms with Crippen molar-refractivity contribution in [1.29, 1.82) is 0 Å². The van der Waals surface area contributed by atoms with Crippen LogP contribution in [0.1, 0.15) is 21.5 Å². The molecule has 5 nitrogen and oxygen atoms in total. The Morgan fingerprint density at radius 2 is 1.96 bits per heavy atom. The Morgan fingerprint density at radius 3 is 2.72 bits per heavy atom. The Kier molecular flexibility index (Phi) is 5.56. The monoisotopic (exact) mass is 339 g/mol. The topological polar surface area (TPSA) is 53.6 Å². The van der Waals surface area contributed by atoms with Crippen LogP contribution in [-0.2, 0) is 13.0 Å². The first-order valence-electron chi connectivity index (χ1n) is 8.63. The highest BCUT2D eigenvalue weighted by molar-refractivity contribution is 5.94. The minimum Gasteiger partial charge on any atom is -0.493 e. The smallest absolute Gasteiger partial charge is 0.251 e. The third-order valence-electron chi connectivity index (χ3n) is 4.24. The number of carbonyl (C=O) groups is 1. The summed E-state index contributed by atoms with van der Waals surface area (Å²) in [6.07, 6.45) is 0.987. The largest absolute Gasteiger partial charge is 0.493 e. The van der Waals surface area contributed by atoms with Gasteiger partial charge in [0.25, 0.3) is 5.91 Å². The van der Waals surface area contributed by atoms with Gasteiger partial charge in [0.2, 0.25) is 0 Å². The molecule has 0 aromatic heterocycles. The van der Waals surface area contributed by atoms with Gasteiger partial charge < -0.3 is 20.3 Å². The molecule has 0 unspecified atom stereocenters. The Morgan fingerprint density at radius 1 is 1.16 bits per heavy atom. The zero-order valence-electron chi connectivity index (χ0n) is 14.8. The lowest BCUT2D eigenvalue weighted by atomic mass is 10.1. The van der Waals surface area contributed by atoms with Gasteiger partial charge in [-0.05, 0) is 55.6 Å². The van der Waals surface area contributed by atoms with E-state index in [1.165, 1.54) is 11.1 Å². The highest BCUT2D eigenvalue weighted by atomic mass is 16.5. The molecular weight excluding hydrogens is 314 g/mol. The second kappa shape index (κ2) is 8.03. The predicted molar refractivity (Wildman–Crippen MR) is 100 cm³/mol. The SMILES string of the molecule is CN(C)CCNC(=O)c1ccc(NCc2ccc3c(c2)CCO3)cc1. The predicted octanol–water partition coefficient (Wildman–Crippen LogP) is 2.53. The number of anilines is 1. The van der Waals surface area contributed by atoms with Crippen molar-refractivity contribution in [2.24, 2.45) is 0 Å². The maximum atomic E-state index is 12.1. The van der Waals surface area contributed by atoms with Crippen LogP contribution in [0.5, 0.6) is 5.75 Å². The Labute approximate surface area is 149 Å². The highest BCUT2D eigenvalue weighted by Crippen LogP contribution is 2.26. The number of nitrogens with zero attached hydrogens (tertiary/aromatic N) is 1. The zero-order valence-corrected chi connectivity index (χ0v) is 14.8. The number of carbonyl (C=O) groups excluding carboxylic acids is 1. The molecule has 132 valence electrons. The molecule has 3 rings (SSSR count). The average molecular weight is 339 g/mol. The van der Waals surface area contributed by atoms with Crippen molar-refractivity contribution < 1.29 is 9.53 Å². The molecule has 0 spiro atoms. The molecule has 2 aromatic carbocycles. The van der Waals surface area contributed by atoms with Crippen LogP contribution in [-0.4, -0.2) is 44.6 Å². The molecule has 5 heteroatoms. The number of hydrogen-bond donors (Lipinski definition) is 2. The Balaban J connectivity index is 1.51. The first-order valence-corrected chi connectivity index (χ1v) is 8.63. The third-order valence-corrected chi connectivity index (χ3v) is 4.24. The normalized spacial score (nSPS) is 12.6. The molecule has 0 bridgehead atoms. The number of hydrogen-bond acceptors (Lipinski definition) is 4. The highest BCUT2D eigenvalue weighted by Gasteiger charge is 2.11. The second-order valence-electron chi connectivity index (χ2n) is 6.53. The van der Waals surface area contributed by atoms with Crippen molar-refractivity contribution >= 4 is 11.6 Å². The molecule has 0 radical (unpaired) electrons. The van der Waals surface area contributed by atoms with Crippen LogP contribution in [0, 0.1) is 0 Å². The molecule has 0 saturated carbocycles. The van der Waals surface area contributed by atoms with Gasteiger partial charge >= 0.3 is 0 Å².